The van der Waals surface area contributed by atoms with Crippen molar-refractivity contribution in [3.63, 3.8) is 0 Å². The largest absolute Gasteiger partial charge is 0.329 e. The van der Waals surface area contributed by atoms with Gasteiger partial charge in [0.1, 0.15) is 11.6 Å². The van der Waals surface area contributed by atoms with E-state index in [1.165, 1.54) is 18.2 Å². The fourth-order valence-electron chi connectivity index (χ4n) is 1.20. The Morgan fingerprint density at radius 1 is 1.50 bits per heavy atom. The molecule has 0 amide bonds. The fourth-order valence-corrected chi connectivity index (χ4v) is 1.39. The molecule has 0 spiro atoms. The highest BCUT2D eigenvalue weighted by Gasteiger charge is 2.26. The van der Waals surface area contributed by atoms with Crippen LogP contribution in [0.1, 0.15) is 19.4 Å². The zero-order valence-electron chi connectivity index (χ0n) is 9.39. The van der Waals surface area contributed by atoms with Gasteiger partial charge in [0.2, 0.25) is 0 Å². The second kappa shape index (κ2) is 4.93. The molecule has 0 bridgehead atoms. The van der Waals surface area contributed by atoms with E-state index in [2.05, 4.69) is 0 Å². The van der Waals surface area contributed by atoms with Crippen LogP contribution in [0.2, 0.25) is 5.02 Å². The van der Waals surface area contributed by atoms with Crippen molar-refractivity contribution in [2.24, 2.45) is 11.1 Å². The normalized spacial score (nSPS) is 11.6. The Kier molecular flexibility index (Phi) is 4.05. The summed E-state index contributed by atoms with van der Waals surface area (Å²) in [5, 5.41) is 0.405. The highest BCUT2D eigenvalue weighted by Crippen LogP contribution is 2.22. The molecule has 0 radical (unpaired) electrons. The van der Waals surface area contributed by atoms with Gasteiger partial charge in [-0.05, 0) is 23.8 Å². The van der Waals surface area contributed by atoms with Crippen LogP contribution in [0, 0.1) is 11.2 Å². The number of halogens is 2. The molecule has 1 aromatic rings. The van der Waals surface area contributed by atoms with E-state index in [1.807, 2.05) is 0 Å². The first-order valence-corrected chi connectivity index (χ1v) is 5.42. The van der Waals surface area contributed by atoms with E-state index in [0.717, 1.165) is 0 Å². The average molecular weight is 244 g/mol. The molecule has 0 heterocycles. The zero-order valence-corrected chi connectivity index (χ0v) is 10.1. The number of hydrogen-bond donors (Lipinski definition) is 1. The van der Waals surface area contributed by atoms with Crippen LogP contribution < -0.4 is 5.73 Å². The van der Waals surface area contributed by atoms with Gasteiger partial charge < -0.3 is 5.73 Å². The highest BCUT2D eigenvalue weighted by atomic mass is 35.5. The number of nitrogens with two attached hydrogens (primary N) is 1. The summed E-state index contributed by atoms with van der Waals surface area (Å²) in [7, 11) is 0. The van der Waals surface area contributed by atoms with Crippen molar-refractivity contribution in [3.8, 4) is 0 Å². The maximum absolute atomic E-state index is 13.0. The van der Waals surface area contributed by atoms with Gasteiger partial charge in [-0.15, -0.1) is 0 Å². The Balaban J connectivity index is 2.89. The molecular formula is C12H15ClFNO. The predicted molar refractivity (Wildman–Crippen MR) is 63.0 cm³/mol. The van der Waals surface area contributed by atoms with E-state index in [4.69, 9.17) is 17.3 Å². The maximum atomic E-state index is 13.0. The zero-order chi connectivity index (χ0) is 12.3. The smallest absolute Gasteiger partial charge is 0.144 e. The van der Waals surface area contributed by atoms with E-state index in [0.29, 0.717) is 10.6 Å². The number of hydrogen-bond acceptors (Lipinski definition) is 2. The van der Waals surface area contributed by atoms with Crippen molar-refractivity contribution in [3.05, 3.63) is 34.6 Å². The van der Waals surface area contributed by atoms with Crippen LogP contribution in [0.25, 0.3) is 0 Å². The third-order valence-electron chi connectivity index (χ3n) is 2.62. The van der Waals surface area contributed by atoms with Gasteiger partial charge >= 0.3 is 0 Å². The number of benzene rings is 1. The first-order valence-electron chi connectivity index (χ1n) is 5.04. The lowest BCUT2D eigenvalue weighted by Crippen LogP contribution is -2.33. The van der Waals surface area contributed by atoms with E-state index >= 15 is 0 Å². The van der Waals surface area contributed by atoms with Crippen molar-refractivity contribution in [2.75, 3.05) is 6.54 Å². The van der Waals surface area contributed by atoms with Gasteiger partial charge in [0.05, 0.1) is 0 Å². The molecule has 0 aromatic heterocycles. The summed E-state index contributed by atoms with van der Waals surface area (Å²) < 4.78 is 13.0. The Morgan fingerprint density at radius 3 is 2.69 bits per heavy atom. The number of carbonyl (C=O) groups excluding carboxylic acids is 1. The molecule has 88 valence electrons. The van der Waals surface area contributed by atoms with Gasteiger partial charge in [-0.3, -0.25) is 4.79 Å². The van der Waals surface area contributed by atoms with Crippen LogP contribution in [-0.4, -0.2) is 12.3 Å². The van der Waals surface area contributed by atoms with E-state index in [1.54, 1.807) is 13.8 Å². The highest BCUT2D eigenvalue weighted by molar-refractivity contribution is 6.31. The number of Topliss-reactive ketones (excluding diaryl/α,β-unsaturated/α-hetero) is 1. The molecule has 1 aromatic carbocycles. The van der Waals surface area contributed by atoms with Crippen molar-refractivity contribution >= 4 is 17.4 Å². The van der Waals surface area contributed by atoms with Gasteiger partial charge in [-0.2, -0.15) is 0 Å². The lowest BCUT2D eigenvalue weighted by atomic mass is 9.85. The summed E-state index contributed by atoms with van der Waals surface area (Å²) in [6.45, 7) is 3.80. The fraction of sp³-hybridized carbons (Fsp3) is 0.417. The minimum Gasteiger partial charge on any atom is -0.329 e. The Labute approximate surface area is 99.6 Å². The molecule has 0 aliphatic heterocycles. The van der Waals surface area contributed by atoms with E-state index < -0.39 is 11.2 Å². The standard InChI is InChI=1S/C12H15ClFNO/c1-12(2,7-15)11(16)6-8-5-9(14)3-4-10(8)13/h3-5H,6-7,15H2,1-2H3. The van der Waals surface area contributed by atoms with Crippen molar-refractivity contribution < 1.29 is 9.18 Å². The minimum absolute atomic E-state index is 0.0394. The first kappa shape index (κ1) is 13.1. The van der Waals surface area contributed by atoms with Gasteiger partial charge in [0.15, 0.2) is 0 Å². The van der Waals surface area contributed by atoms with Crippen LogP contribution in [0.4, 0.5) is 4.39 Å². The second-order valence-corrected chi connectivity index (χ2v) is 4.83. The summed E-state index contributed by atoms with van der Waals surface area (Å²) in [5.41, 5.74) is 5.41. The molecule has 0 atom stereocenters. The maximum Gasteiger partial charge on any atom is 0.144 e. The third kappa shape index (κ3) is 3.03. The minimum atomic E-state index is -0.602. The molecule has 2 N–H and O–H groups in total. The Bertz CT molecular complexity index is 404. The summed E-state index contributed by atoms with van der Waals surface area (Å²) in [6.07, 6.45) is 0.112. The average Bonchev–Trinajstić information content (AvgIpc) is 2.23. The monoisotopic (exact) mass is 243 g/mol. The van der Waals surface area contributed by atoms with Crippen LogP contribution in [-0.2, 0) is 11.2 Å². The van der Waals surface area contributed by atoms with E-state index in [-0.39, 0.29) is 18.7 Å². The predicted octanol–water partition coefficient (Wildman–Crippen LogP) is 2.58. The van der Waals surface area contributed by atoms with Crippen LogP contribution in [0.3, 0.4) is 0 Å². The Hall–Kier alpha value is -0.930. The van der Waals surface area contributed by atoms with Crippen molar-refractivity contribution in [1.29, 1.82) is 0 Å². The molecule has 1 rings (SSSR count). The molecule has 0 unspecified atom stereocenters. The molecule has 0 saturated carbocycles. The lowest BCUT2D eigenvalue weighted by Gasteiger charge is -2.20. The number of ketones is 1. The van der Waals surface area contributed by atoms with Gasteiger partial charge in [0, 0.05) is 23.4 Å². The molecule has 0 fully saturated rings. The molecule has 4 heteroatoms. The summed E-state index contributed by atoms with van der Waals surface area (Å²) >= 11 is 5.88. The van der Waals surface area contributed by atoms with Crippen LogP contribution in [0.5, 0.6) is 0 Å². The van der Waals surface area contributed by atoms with Gasteiger partial charge in [-0.25, -0.2) is 4.39 Å². The summed E-state index contributed by atoms with van der Waals surface area (Å²) in [5.74, 6) is -0.430. The Morgan fingerprint density at radius 2 is 2.12 bits per heavy atom. The van der Waals surface area contributed by atoms with Gasteiger partial charge in [-0.1, -0.05) is 25.4 Å². The molecule has 0 aliphatic carbocycles. The van der Waals surface area contributed by atoms with Crippen LogP contribution >= 0.6 is 11.6 Å². The second-order valence-electron chi connectivity index (χ2n) is 4.42. The first-order chi connectivity index (χ1) is 7.36. The molecule has 16 heavy (non-hydrogen) atoms. The summed E-state index contributed by atoms with van der Waals surface area (Å²) in [6, 6.07) is 4.01. The molecule has 0 saturated heterocycles. The quantitative estimate of drug-likeness (QED) is 0.883. The molecular weight excluding hydrogens is 229 g/mol. The number of rotatable bonds is 4. The van der Waals surface area contributed by atoms with Crippen LogP contribution in [0.15, 0.2) is 18.2 Å². The SMILES string of the molecule is CC(C)(CN)C(=O)Cc1cc(F)ccc1Cl. The lowest BCUT2D eigenvalue weighted by molar-refractivity contribution is -0.125. The van der Waals surface area contributed by atoms with Crippen molar-refractivity contribution in [1.82, 2.24) is 0 Å². The van der Waals surface area contributed by atoms with Crippen molar-refractivity contribution in [2.45, 2.75) is 20.3 Å². The van der Waals surface area contributed by atoms with Gasteiger partial charge in [0.25, 0.3) is 0 Å². The number of carbonyl (C=O) groups is 1. The molecule has 2 nitrogen and oxygen atoms in total. The van der Waals surface area contributed by atoms with E-state index in [9.17, 15) is 9.18 Å². The molecule has 0 aliphatic rings. The third-order valence-corrected chi connectivity index (χ3v) is 2.99. The topological polar surface area (TPSA) is 43.1 Å². The summed E-state index contributed by atoms with van der Waals surface area (Å²) in [4.78, 5) is 11.9.